The first kappa shape index (κ1) is 19.4. The van der Waals surface area contributed by atoms with Crippen LogP contribution in [0, 0.1) is 0 Å². The van der Waals surface area contributed by atoms with Gasteiger partial charge in [-0.1, -0.05) is 76.7 Å². The van der Waals surface area contributed by atoms with Crippen LogP contribution in [0.5, 0.6) is 0 Å². The number of unbranched alkanes of at least 4 members (excludes halogenated alkanes) is 4. The highest BCUT2D eigenvalue weighted by molar-refractivity contribution is 4.85. The maximum Gasteiger partial charge on any atom is 0.0841 e. The van der Waals surface area contributed by atoms with E-state index in [4.69, 9.17) is 9.47 Å². The SMILES string of the molecule is CCCC/C=C/COC1CCCCC1OC/C=C/CCCC. The molecule has 1 aliphatic rings. The minimum atomic E-state index is 0.286. The van der Waals surface area contributed by atoms with Crippen LogP contribution in [-0.2, 0) is 9.47 Å². The summed E-state index contributed by atoms with van der Waals surface area (Å²) >= 11 is 0. The van der Waals surface area contributed by atoms with Crippen molar-refractivity contribution >= 4 is 0 Å². The summed E-state index contributed by atoms with van der Waals surface area (Å²) in [6.07, 6.45) is 21.7. The summed E-state index contributed by atoms with van der Waals surface area (Å²) in [6.45, 7) is 5.93. The van der Waals surface area contributed by atoms with E-state index in [9.17, 15) is 0 Å². The summed E-state index contributed by atoms with van der Waals surface area (Å²) in [5.41, 5.74) is 0. The fourth-order valence-corrected chi connectivity index (χ4v) is 2.82. The summed E-state index contributed by atoms with van der Waals surface area (Å²) in [4.78, 5) is 0. The van der Waals surface area contributed by atoms with Crippen molar-refractivity contribution in [3.05, 3.63) is 24.3 Å². The molecular weight excluding hydrogens is 272 g/mol. The second-order valence-electron chi connectivity index (χ2n) is 6.26. The second kappa shape index (κ2) is 14.0. The fraction of sp³-hybridized carbons (Fsp3) is 0.800. The van der Waals surface area contributed by atoms with Crippen molar-refractivity contribution in [2.75, 3.05) is 13.2 Å². The Morgan fingerprint density at radius 1 is 0.727 bits per heavy atom. The van der Waals surface area contributed by atoms with Crippen molar-refractivity contribution in [3.63, 3.8) is 0 Å². The number of hydrogen-bond donors (Lipinski definition) is 0. The predicted octanol–water partition coefficient (Wildman–Crippen LogP) is 5.82. The molecule has 128 valence electrons. The van der Waals surface area contributed by atoms with E-state index in [0.29, 0.717) is 0 Å². The van der Waals surface area contributed by atoms with E-state index in [1.54, 1.807) is 0 Å². The number of ether oxygens (including phenoxy) is 2. The molecule has 0 aromatic rings. The molecule has 2 heteroatoms. The second-order valence-corrected chi connectivity index (χ2v) is 6.26. The Hall–Kier alpha value is -0.600. The van der Waals surface area contributed by atoms with Crippen molar-refractivity contribution < 1.29 is 9.47 Å². The van der Waals surface area contributed by atoms with Gasteiger partial charge in [0.25, 0.3) is 0 Å². The Bertz CT molecular complexity index is 266. The molecule has 1 fully saturated rings. The van der Waals surface area contributed by atoms with E-state index in [-0.39, 0.29) is 12.2 Å². The van der Waals surface area contributed by atoms with E-state index in [1.807, 2.05) is 0 Å². The fourth-order valence-electron chi connectivity index (χ4n) is 2.82. The molecule has 2 atom stereocenters. The summed E-state index contributed by atoms with van der Waals surface area (Å²) in [7, 11) is 0. The van der Waals surface area contributed by atoms with Crippen molar-refractivity contribution in [1.29, 1.82) is 0 Å². The van der Waals surface area contributed by atoms with Crippen LogP contribution in [0.3, 0.4) is 0 Å². The minimum absolute atomic E-state index is 0.286. The molecule has 22 heavy (non-hydrogen) atoms. The Labute approximate surface area is 138 Å². The van der Waals surface area contributed by atoms with Crippen LogP contribution in [0.25, 0.3) is 0 Å². The van der Waals surface area contributed by atoms with Gasteiger partial charge in [0, 0.05) is 0 Å². The molecule has 2 nitrogen and oxygen atoms in total. The molecule has 0 aromatic heterocycles. The van der Waals surface area contributed by atoms with E-state index >= 15 is 0 Å². The standard InChI is InChI=1S/C20H36O2/c1-3-5-7-9-13-17-21-19-15-11-12-16-20(19)22-18-14-10-8-6-4-2/h9-10,13-14,19-20H,3-8,11-12,15-18H2,1-2H3/b13-9+,14-10+. The number of allylic oxidation sites excluding steroid dienone is 2. The zero-order chi connectivity index (χ0) is 15.9. The Morgan fingerprint density at radius 3 is 1.59 bits per heavy atom. The highest BCUT2D eigenvalue weighted by Crippen LogP contribution is 2.24. The first-order valence-corrected chi connectivity index (χ1v) is 9.41. The van der Waals surface area contributed by atoms with Gasteiger partial charge in [-0.05, 0) is 25.7 Å². The molecule has 0 N–H and O–H groups in total. The van der Waals surface area contributed by atoms with Gasteiger partial charge in [-0.3, -0.25) is 0 Å². The summed E-state index contributed by atoms with van der Waals surface area (Å²) in [6, 6.07) is 0. The zero-order valence-corrected chi connectivity index (χ0v) is 14.8. The molecule has 0 radical (unpaired) electrons. The molecule has 0 spiro atoms. The van der Waals surface area contributed by atoms with Gasteiger partial charge in [-0.15, -0.1) is 0 Å². The number of hydrogen-bond acceptors (Lipinski definition) is 2. The van der Waals surface area contributed by atoms with Crippen LogP contribution in [0.2, 0.25) is 0 Å². The largest absolute Gasteiger partial charge is 0.371 e. The van der Waals surface area contributed by atoms with Crippen LogP contribution in [0.15, 0.2) is 24.3 Å². The van der Waals surface area contributed by atoms with Crippen molar-refractivity contribution in [1.82, 2.24) is 0 Å². The Kier molecular flexibility index (Phi) is 12.4. The Balaban J connectivity index is 2.19. The van der Waals surface area contributed by atoms with E-state index in [0.717, 1.165) is 26.1 Å². The van der Waals surface area contributed by atoms with Gasteiger partial charge in [-0.2, -0.15) is 0 Å². The third-order valence-electron chi connectivity index (χ3n) is 4.24. The number of rotatable bonds is 12. The van der Waals surface area contributed by atoms with E-state index < -0.39 is 0 Å². The van der Waals surface area contributed by atoms with Crippen molar-refractivity contribution in [2.24, 2.45) is 0 Å². The first-order valence-electron chi connectivity index (χ1n) is 9.41. The molecular formula is C20H36O2. The summed E-state index contributed by atoms with van der Waals surface area (Å²) < 4.78 is 12.1. The minimum Gasteiger partial charge on any atom is -0.371 e. The van der Waals surface area contributed by atoms with E-state index in [2.05, 4.69) is 38.2 Å². The topological polar surface area (TPSA) is 18.5 Å². The van der Waals surface area contributed by atoms with Gasteiger partial charge < -0.3 is 9.47 Å². The zero-order valence-electron chi connectivity index (χ0n) is 14.8. The molecule has 0 saturated heterocycles. The normalized spacial score (nSPS) is 22.8. The Morgan fingerprint density at radius 2 is 1.18 bits per heavy atom. The highest BCUT2D eigenvalue weighted by Gasteiger charge is 2.25. The van der Waals surface area contributed by atoms with Gasteiger partial charge in [0.2, 0.25) is 0 Å². The van der Waals surface area contributed by atoms with Gasteiger partial charge in [0.15, 0.2) is 0 Å². The lowest BCUT2D eigenvalue weighted by atomic mass is 9.94. The third-order valence-corrected chi connectivity index (χ3v) is 4.24. The molecule has 0 aromatic carbocycles. The predicted molar refractivity (Wildman–Crippen MR) is 95.3 cm³/mol. The average molecular weight is 309 g/mol. The molecule has 1 rings (SSSR count). The molecule has 0 aliphatic heterocycles. The summed E-state index contributed by atoms with van der Waals surface area (Å²) in [5, 5.41) is 0. The smallest absolute Gasteiger partial charge is 0.0841 e. The lowest BCUT2D eigenvalue weighted by Gasteiger charge is -2.30. The molecule has 0 amide bonds. The van der Waals surface area contributed by atoms with Crippen molar-refractivity contribution in [3.8, 4) is 0 Å². The highest BCUT2D eigenvalue weighted by atomic mass is 16.5. The van der Waals surface area contributed by atoms with Crippen molar-refractivity contribution in [2.45, 2.75) is 90.3 Å². The van der Waals surface area contributed by atoms with Gasteiger partial charge in [0.05, 0.1) is 25.4 Å². The van der Waals surface area contributed by atoms with Gasteiger partial charge in [-0.25, -0.2) is 0 Å². The lowest BCUT2D eigenvalue weighted by molar-refractivity contribution is -0.0783. The van der Waals surface area contributed by atoms with Crippen LogP contribution in [0.1, 0.15) is 78.1 Å². The third kappa shape index (κ3) is 9.42. The van der Waals surface area contributed by atoms with Crippen LogP contribution in [0.4, 0.5) is 0 Å². The average Bonchev–Trinajstić information content (AvgIpc) is 2.55. The first-order chi connectivity index (χ1) is 10.9. The van der Waals surface area contributed by atoms with E-state index in [1.165, 1.54) is 51.4 Å². The lowest BCUT2D eigenvalue weighted by Crippen LogP contribution is -2.35. The van der Waals surface area contributed by atoms with Crippen LogP contribution in [-0.4, -0.2) is 25.4 Å². The van der Waals surface area contributed by atoms with Crippen LogP contribution >= 0.6 is 0 Å². The molecule has 0 bridgehead atoms. The van der Waals surface area contributed by atoms with Gasteiger partial charge in [0.1, 0.15) is 0 Å². The molecule has 0 heterocycles. The van der Waals surface area contributed by atoms with Crippen LogP contribution < -0.4 is 0 Å². The quantitative estimate of drug-likeness (QED) is 0.334. The molecule has 2 unspecified atom stereocenters. The molecule has 1 aliphatic carbocycles. The molecule has 1 saturated carbocycles. The monoisotopic (exact) mass is 308 g/mol. The van der Waals surface area contributed by atoms with Gasteiger partial charge >= 0.3 is 0 Å². The maximum absolute atomic E-state index is 6.04. The summed E-state index contributed by atoms with van der Waals surface area (Å²) in [5.74, 6) is 0. The maximum atomic E-state index is 6.04.